The highest BCUT2D eigenvalue weighted by Gasteiger charge is 2.27. The summed E-state index contributed by atoms with van der Waals surface area (Å²) in [6, 6.07) is 6.67. The summed E-state index contributed by atoms with van der Waals surface area (Å²) in [5.74, 6) is 1.12. The number of aryl methyl sites for hydroxylation is 1. The SMILES string of the molecule is CCN(CC(=O)N1CCCc2cc(OC)ccc21)C1CCCCC1. The van der Waals surface area contributed by atoms with Gasteiger partial charge in [0.25, 0.3) is 0 Å². The van der Waals surface area contributed by atoms with Crippen molar-refractivity contribution in [3.8, 4) is 5.75 Å². The minimum absolute atomic E-state index is 0.244. The fourth-order valence-electron chi connectivity index (χ4n) is 4.16. The van der Waals surface area contributed by atoms with Crippen LogP contribution in [-0.4, -0.2) is 43.6 Å². The Bertz CT molecular complexity index is 567. The van der Waals surface area contributed by atoms with Gasteiger partial charge >= 0.3 is 0 Å². The summed E-state index contributed by atoms with van der Waals surface area (Å²) in [4.78, 5) is 17.4. The number of amides is 1. The van der Waals surface area contributed by atoms with Crippen LogP contribution in [-0.2, 0) is 11.2 Å². The molecule has 1 aliphatic carbocycles. The summed E-state index contributed by atoms with van der Waals surface area (Å²) in [5.41, 5.74) is 2.31. The number of carbonyl (C=O) groups excluding carboxylic acids is 1. The van der Waals surface area contributed by atoms with Crippen LogP contribution in [0.4, 0.5) is 5.69 Å². The van der Waals surface area contributed by atoms with Crippen molar-refractivity contribution in [1.82, 2.24) is 4.90 Å². The molecule has 0 N–H and O–H groups in total. The van der Waals surface area contributed by atoms with Gasteiger partial charge in [-0.05, 0) is 56.0 Å². The van der Waals surface area contributed by atoms with Gasteiger partial charge in [-0.3, -0.25) is 9.69 Å². The second-order valence-electron chi connectivity index (χ2n) is 7.00. The van der Waals surface area contributed by atoms with Crippen LogP contribution in [0.2, 0.25) is 0 Å². The Morgan fingerprint density at radius 1 is 1.25 bits per heavy atom. The first-order valence-corrected chi connectivity index (χ1v) is 9.44. The Balaban J connectivity index is 1.71. The highest BCUT2D eigenvalue weighted by molar-refractivity contribution is 5.96. The molecule has 1 aromatic carbocycles. The lowest BCUT2D eigenvalue weighted by atomic mass is 9.94. The number of benzene rings is 1. The lowest BCUT2D eigenvalue weighted by Crippen LogP contribution is -2.46. The molecule has 0 radical (unpaired) electrons. The molecule has 0 bridgehead atoms. The Kier molecular flexibility index (Phi) is 5.77. The van der Waals surface area contributed by atoms with Gasteiger partial charge in [0, 0.05) is 18.3 Å². The molecule has 24 heavy (non-hydrogen) atoms. The minimum atomic E-state index is 0.244. The van der Waals surface area contributed by atoms with Gasteiger partial charge < -0.3 is 9.64 Å². The molecule has 1 fully saturated rings. The number of hydrogen-bond acceptors (Lipinski definition) is 3. The van der Waals surface area contributed by atoms with E-state index in [9.17, 15) is 4.79 Å². The fourth-order valence-corrected chi connectivity index (χ4v) is 4.16. The predicted molar refractivity (Wildman–Crippen MR) is 97.8 cm³/mol. The van der Waals surface area contributed by atoms with Crippen LogP contribution in [0.3, 0.4) is 0 Å². The Labute approximate surface area is 145 Å². The maximum Gasteiger partial charge on any atom is 0.241 e. The molecular formula is C20H30N2O2. The molecule has 3 rings (SSSR count). The van der Waals surface area contributed by atoms with Crippen LogP contribution >= 0.6 is 0 Å². The van der Waals surface area contributed by atoms with E-state index in [0.717, 1.165) is 37.4 Å². The fraction of sp³-hybridized carbons (Fsp3) is 0.650. The number of methoxy groups -OCH3 is 1. The van der Waals surface area contributed by atoms with E-state index in [2.05, 4.69) is 17.9 Å². The van der Waals surface area contributed by atoms with Gasteiger partial charge in [0.1, 0.15) is 5.75 Å². The first-order valence-electron chi connectivity index (χ1n) is 9.44. The van der Waals surface area contributed by atoms with Crippen LogP contribution in [0.15, 0.2) is 18.2 Å². The van der Waals surface area contributed by atoms with Gasteiger partial charge in [-0.1, -0.05) is 26.2 Å². The van der Waals surface area contributed by atoms with Gasteiger partial charge in [0.15, 0.2) is 0 Å². The third-order valence-electron chi connectivity index (χ3n) is 5.54. The summed E-state index contributed by atoms with van der Waals surface area (Å²) < 4.78 is 5.33. The van der Waals surface area contributed by atoms with E-state index < -0.39 is 0 Å². The topological polar surface area (TPSA) is 32.8 Å². The van der Waals surface area contributed by atoms with E-state index in [-0.39, 0.29) is 5.91 Å². The van der Waals surface area contributed by atoms with Crippen molar-refractivity contribution < 1.29 is 9.53 Å². The van der Waals surface area contributed by atoms with Crippen LogP contribution in [0.25, 0.3) is 0 Å². The van der Waals surface area contributed by atoms with Crippen LogP contribution in [0, 0.1) is 0 Å². The lowest BCUT2D eigenvalue weighted by Gasteiger charge is -2.36. The molecule has 1 aliphatic heterocycles. The zero-order chi connectivity index (χ0) is 16.9. The number of rotatable bonds is 5. The molecule has 0 spiro atoms. The largest absolute Gasteiger partial charge is 0.497 e. The Morgan fingerprint density at radius 3 is 2.75 bits per heavy atom. The average Bonchev–Trinajstić information content (AvgIpc) is 2.65. The summed E-state index contributed by atoms with van der Waals surface area (Å²) in [5, 5.41) is 0. The quantitative estimate of drug-likeness (QED) is 0.826. The summed E-state index contributed by atoms with van der Waals surface area (Å²) in [6.07, 6.45) is 8.51. The molecule has 0 aromatic heterocycles. The maximum absolute atomic E-state index is 13.0. The third-order valence-corrected chi connectivity index (χ3v) is 5.54. The minimum Gasteiger partial charge on any atom is -0.497 e. The number of likely N-dealkylation sites (N-methyl/N-ethyl adjacent to an activating group) is 1. The number of ether oxygens (including phenoxy) is 1. The molecule has 1 aromatic rings. The molecule has 0 unspecified atom stereocenters. The molecule has 2 aliphatic rings. The molecule has 4 nitrogen and oxygen atoms in total. The van der Waals surface area contributed by atoms with Crippen molar-refractivity contribution in [3.05, 3.63) is 23.8 Å². The molecule has 132 valence electrons. The molecule has 0 saturated heterocycles. The molecule has 4 heteroatoms. The van der Waals surface area contributed by atoms with Crippen LogP contribution in [0.5, 0.6) is 5.75 Å². The molecule has 1 saturated carbocycles. The van der Waals surface area contributed by atoms with Gasteiger partial charge in [-0.25, -0.2) is 0 Å². The number of nitrogens with zero attached hydrogens (tertiary/aromatic N) is 2. The van der Waals surface area contributed by atoms with Crippen molar-refractivity contribution in [1.29, 1.82) is 0 Å². The highest BCUT2D eigenvalue weighted by Crippen LogP contribution is 2.31. The van der Waals surface area contributed by atoms with E-state index in [1.54, 1.807) is 7.11 Å². The number of anilines is 1. The predicted octanol–water partition coefficient (Wildman–Crippen LogP) is 3.63. The lowest BCUT2D eigenvalue weighted by molar-refractivity contribution is -0.120. The maximum atomic E-state index is 13.0. The first kappa shape index (κ1) is 17.3. The van der Waals surface area contributed by atoms with E-state index >= 15 is 0 Å². The number of hydrogen-bond donors (Lipinski definition) is 0. The van der Waals surface area contributed by atoms with E-state index in [1.165, 1.54) is 37.7 Å². The summed E-state index contributed by atoms with van der Waals surface area (Å²) >= 11 is 0. The van der Waals surface area contributed by atoms with Crippen molar-refractivity contribution in [2.75, 3.05) is 31.6 Å². The van der Waals surface area contributed by atoms with Gasteiger partial charge in [-0.15, -0.1) is 0 Å². The van der Waals surface area contributed by atoms with Gasteiger partial charge in [0.2, 0.25) is 5.91 Å². The molecular weight excluding hydrogens is 300 g/mol. The standard InChI is InChI=1S/C20H30N2O2/c1-3-21(17-9-5-4-6-10-17)15-20(23)22-13-7-8-16-14-18(24-2)11-12-19(16)22/h11-12,14,17H,3-10,13,15H2,1-2H3. The zero-order valence-electron chi connectivity index (χ0n) is 15.1. The van der Waals surface area contributed by atoms with E-state index in [0.29, 0.717) is 12.6 Å². The van der Waals surface area contributed by atoms with Crippen molar-refractivity contribution in [3.63, 3.8) is 0 Å². The molecule has 1 heterocycles. The van der Waals surface area contributed by atoms with Crippen molar-refractivity contribution in [2.45, 2.75) is 57.9 Å². The van der Waals surface area contributed by atoms with Crippen LogP contribution < -0.4 is 9.64 Å². The van der Waals surface area contributed by atoms with Gasteiger partial charge in [0.05, 0.1) is 13.7 Å². The molecule has 0 atom stereocenters. The molecule has 1 amide bonds. The third kappa shape index (κ3) is 3.75. The average molecular weight is 330 g/mol. The first-order chi connectivity index (χ1) is 11.7. The second kappa shape index (κ2) is 8.02. The number of fused-ring (bicyclic) bond motifs is 1. The van der Waals surface area contributed by atoms with Crippen molar-refractivity contribution >= 4 is 11.6 Å². The highest BCUT2D eigenvalue weighted by atomic mass is 16.5. The second-order valence-corrected chi connectivity index (χ2v) is 7.00. The monoisotopic (exact) mass is 330 g/mol. The van der Waals surface area contributed by atoms with Crippen molar-refractivity contribution in [2.24, 2.45) is 0 Å². The smallest absolute Gasteiger partial charge is 0.241 e. The van der Waals surface area contributed by atoms with E-state index in [1.807, 2.05) is 17.0 Å². The summed E-state index contributed by atoms with van der Waals surface area (Å²) in [7, 11) is 1.69. The summed E-state index contributed by atoms with van der Waals surface area (Å²) in [6.45, 7) is 4.52. The zero-order valence-corrected chi connectivity index (χ0v) is 15.1. The Morgan fingerprint density at radius 2 is 2.04 bits per heavy atom. The van der Waals surface area contributed by atoms with Crippen LogP contribution in [0.1, 0.15) is 51.0 Å². The normalized spacial score (nSPS) is 18.5. The number of carbonyl (C=O) groups is 1. The Hall–Kier alpha value is -1.55. The van der Waals surface area contributed by atoms with Gasteiger partial charge in [-0.2, -0.15) is 0 Å². The van der Waals surface area contributed by atoms with E-state index in [4.69, 9.17) is 4.74 Å².